The SMILES string of the molecule is O=C(c1nc(-c2ccccc2)n(-c2ccc(F)cc2)n1)N1CCOCCC12CC2. The van der Waals surface area contributed by atoms with E-state index in [2.05, 4.69) is 10.1 Å². The first-order valence-electron chi connectivity index (χ1n) is 9.84. The Kier molecular flexibility index (Phi) is 4.39. The molecule has 0 unspecified atom stereocenters. The normalized spacial score (nSPS) is 17.9. The Balaban J connectivity index is 1.57. The molecule has 1 spiro atoms. The summed E-state index contributed by atoms with van der Waals surface area (Å²) < 4.78 is 20.6. The maximum absolute atomic E-state index is 13.4. The largest absolute Gasteiger partial charge is 0.380 e. The molecule has 1 saturated heterocycles. The van der Waals surface area contributed by atoms with Gasteiger partial charge in [-0.3, -0.25) is 4.79 Å². The Hall–Kier alpha value is -3.06. The lowest BCUT2D eigenvalue weighted by atomic mass is 10.1. The summed E-state index contributed by atoms with van der Waals surface area (Å²) in [5.74, 6) is 0.204. The minimum absolute atomic E-state index is 0.109. The van der Waals surface area contributed by atoms with Gasteiger partial charge in [0.1, 0.15) is 5.82 Å². The number of hydrogen-bond donors (Lipinski definition) is 0. The first-order valence-corrected chi connectivity index (χ1v) is 9.84. The molecular weight excluding hydrogens is 371 g/mol. The van der Waals surface area contributed by atoms with Crippen LogP contribution in [0.4, 0.5) is 4.39 Å². The molecule has 2 aromatic carbocycles. The number of amides is 1. The second-order valence-electron chi connectivity index (χ2n) is 7.56. The van der Waals surface area contributed by atoms with Gasteiger partial charge in [-0.2, -0.15) is 0 Å². The summed E-state index contributed by atoms with van der Waals surface area (Å²) in [5.41, 5.74) is 1.38. The number of aromatic nitrogens is 3. The van der Waals surface area contributed by atoms with Crippen molar-refractivity contribution in [1.82, 2.24) is 19.7 Å². The molecule has 29 heavy (non-hydrogen) atoms. The lowest BCUT2D eigenvalue weighted by molar-refractivity contribution is 0.0637. The summed E-state index contributed by atoms with van der Waals surface area (Å²) in [6.07, 6.45) is 2.83. The highest BCUT2D eigenvalue weighted by molar-refractivity contribution is 5.92. The molecule has 6 nitrogen and oxygen atoms in total. The van der Waals surface area contributed by atoms with Crippen molar-refractivity contribution in [2.24, 2.45) is 0 Å². The molecule has 1 aliphatic carbocycles. The highest BCUT2D eigenvalue weighted by atomic mass is 19.1. The molecule has 0 radical (unpaired) electrons. The molecule has 0 atom stereocenters. The molecule has 1 aromatic heterocycles. The molecule has 2 fully saturated rings. The van der Waals surface area contributed by atoms with Gasteiger partial charge in [-0.1, -0.05) is 30.3 Å². The Labute approximate surface area is 167 Å². The van der Waals surface area contributed by atoms with E-state index in [9.17, 15) is 9.18 Å². The van der Waals surface area contributed by atoms with Crippen LogP contribution in [0.15, 0.2) is 54.6 Å². The van der Waals surface area contributed by atoms with Gasteiger partial charge in [-0.25, -0.2) is 14.1 Å². The zero-order chi connectivity index (χ0) is 19.8. The highest BCUT2D eigenvalue weighted by Gasteiger charge is 2.51. The molecule has 2 aliphatic rings. The first-order chi connectivity index (χ1) is 14.2. The quantitative estimate of drug-likeness (QED) is 0.685. The predicted molar refractivity (Wildman–Crippen MR) is 105 cm³/mol. The molecule has 2 heterocycles. The van der Waals surface area contributed by atoms with Crippen LogP contribution in [-0.2, 0) is 4.74 Å². The Morgan fingerprint density at radius 3 is 2.48 bits per heavy atom. The molecule has 1 saturated carbocycles. The van der Waals surface area contributed by atoms with Crippen LogP contribution in [0, 0.1) is 5.82 Å². The zero-order valence-corrected chi connectivity index (χ0v) is 15.9. The van der Waals surface area contributed by atoms with E-state index in [1.807, 2.05) is 35.2 Å². The van der Waals surface area contributed by atoms with Crippen LogP contribution in [0.1, 0.15) is 29.9 Å². The highest BCUT2D eigenvalue weighted by Crippen LogP contribution is 2.46. The molecule has 5 rings (SSSR count). The topological polar surface area (TPSA) is 60.2 Å². The Morgan fingerprint density at radius 1 is 1.00 bits per heavy atom. The van der Waals surface area contributed by atoms with Crippen LogP contribution in [0.3, 0.4) is 0 Å². The van der Waals surface area contributed by atoms with Gasteiger partial charge >= 0.3 is 0 Å². The number of carbonyl (C=O) groups excluding carboxylic acids is 1. The smallest absolute Gasteiger partial charge is 0.294 e. The number of rotatable bonds is 3. The van der Waals surface area contributed by atoms with Crippen LogP contribution in [0.25, 0.3) is 17.1 Å². The molecule has 1 aliphatic heterocycles. The summed E-state index contributed by atoms with van der Waals surface area (Å²) in [7, 11) is 0. The average molecular weight is 392 g/mol. The van der Waals surface area contributed by atoms with Crippen molar-refractivity contribution in [3.05, 3.63) is 66.2 Å². The van der Waals surface area contributed by atoms with Gasteiger partial charge in [0.05, 0.1) is 12.3 Å². The van der Waals surface area contributed by atoms with Crippen LogP contribution >= 0.6 is 0 Å². The van der Waals surface area contributed by atoms with Crippen molar-refractivity contribution >= 4 is 5.91 Å². The maximum atomic E-state index is 13.4. The van der Waals surface area contributed by atoms with Crippen LogP contribution in [0.2, 0.25) is 0 Å². The van der Waals surface area contributed by atoms with Crippen LogP contribution in [-0.4, -0.2) is 50.9 Å². The molecule has 0 bridgehead atoms. The second-order valence-corrected chi connectivity index (χ2v) is 7.56. The number of carbonyl (C=O) groups is 1. The minimum Gasteiger partial charge on any atom is -0.380 e. The molecule has 148 valence electrons. The number of nitrogens with zero attached hydrogens (tertiary/aromatic N) is 4. The van der Waals surface area contributed by atoms with E-state index in [0.717, 1.165) is 24.8 Å². The fourth-order valence-electron chi connectivity index (χ4n) is 3.93. The van der Waals surface area contributed by atoms with E-state index in [1.54, 1.807) is 16.8 Å². The number of benzene rings is 2. The average Bonchev–Trinajstić information content (AvgIpc) is 3.45. The van der Waals surface area contributed by atoms with Gasteiger partial charge in [-0.05, 0) is 43.5 Å². The summed E-state index contributed by atoms with van der Waals surface area (Å²) >= 11 is 0. The van der Waals surface area contributed by atoms with Crippen LogP contribution in [0.5, 0.6) is 0 Å². The molecule has 1 amide bonds. The third-order valence-corrected chi connectivity index (χ3v) is 5.72. The van der Waals surface area contributed by atoms with Gasteiger partial charge in [-0.15, -0.1) is 5.10 Å². The van der Waals surface area contributed by atoms with Gasteiger partial charge < -0.3 is 9.64 Å². The van der Waals surface area contributed by atoms with E-state index < -0.39 is 0 Å². The standard InChI is InChI=1S/C22H21FN4O2/c23-17-6-8-18(9-7-17)27-20(16-4-2-1-3-5-16)24-19(25-27)21(28)26-13-15-29-14-12-22(26)10-11-22/h1-9H,10-15H2. The fraction of sp³-hybridized carbons (Fsp3) is 0.318. The van der Waals surface area contributed by atoms with Crippen LogP contribution < -0.4 is 0 Å². The Bertz CT molecular complexity index is 1030. The number of ether oxygens (including phenoxy) is 1. The van der Waals surface area contributed by atoms with E-state index in [4.69, 9.17) is 4.74 Å². The molecular formula is C22H21FN4O2. The third-order valence-electron chi connectivity index (χ3n) is 5.72. The van der Waals surface area contributed by atoms with Gasteiger partial charge in [0.25, 0.3) is 5.91 Å². The van der Waals surface area contributed by atoms with Crippen molar-refractivity contribution in [3.63, 3.8) is 0 Å². The van der Waals surface area contributed by atoms with E-state index in [-0.39, 0.29) is 23.1 Å². The lowest BCUT2D eigenvalue weighted by Gasteiger charge is -2.28. The van der Waals surface area contributed by atoms with Crippen molar-refractivity contribution < 1.29 is 13.9 Å². The van der Waals surface area contributed by atoms with E-state index in [0.29, 0.717) is 31.3 Å². The van der Waals surface area contributed by atoms with Crippen molar-refractivity contribution in [2.75, 3.05) is 19.8 Å². The second kappa shape index (κ2) is 7.08. The van der Waals surface area contributed by atoms with Crippen molar-refractivity contribution in [2.45, 2.75) is 24.8 Å². The number of halogens is 1. The fourth-order valence-corrected chi connectivity index (χ4v) is 3.93. The number of hydrogen-bond acceptors (Lipinski definition) is 4. The monoisotopic (exact) mass is 392 g/mol. The lowest BCUT2D eigenvalue weighted by Crippen LogP contribution is -2.43. The maximum Gasteiger partial charge on any atom is 0.294 e. The Morgan fingerprint density at radius 2 is 1.76 bits per heavy atom. The summed E-state index contributed by atoms with van der Waals surface area (Å²) in [5, 5.41) is 4.54. The molecule has 3 aromatic rings. The zero-order valence-electron chi connectivity index (χ0n) is 15.9. The first kappa shape index (κ1) is 18.0. The van der Waals surface area contributed by atoms with Gasteiger partial charge in [0, 0.05) is 24.3 Å². The van der Waals surface area contributed by atoms with E-state index in [1.165, 1.54) is 12.1 Å². The molecule has 0 N–H and O–H groups in total. The van der Waals surface area contributed by atoms with Crippen molar-refractivity contribution in [1.29, 1.82) is 0 Å². The minimum atomic E-state index is -0.327. The molecule has 7 heteroatoms. The predicted octanol–water partition coefficient (Wildman–Crippen LogP) is 3.47. The van der Waals surface area contributed by atoms with Gasteiger partial charge in [0.15, 0.2) is 5.82 Å². The summed E-state index contributed by atoms with van der Waals surface area (Å²) in [6.45, 7) is 1.75. The summed E-state index contributed by atoms with van der Waals surface area (Å²) in [6, 6.07) is 15.6. The van der Waals surface area contributed by atoms with Crippen molar-refractivity contribution in [3.8, 4) is 17.1 Å². The van der Waals surface area contributed by atoms with Gasteiger partial charge in [0.2, 0.25) is 5.82 Å². The van der Waals surface area contributed by atoms with E-state index >= 15 is 0 Å². The summed E-state index contributed by atoms with van der Waals surface area (Å²) in [4.78, 5) is 19.9. The third kappa shape index (κ3) is 3.31.